The molecule has 0 spiro atoms. The van der Waals surface area contributed by atoms with Crippen LogP contribution in [0.5, 0.6) is 5.75 Å². The summed E-state index contributed by atoms with van der Waals surface area (Å²) in [5.74, 6) is 1.36. The molecule has 1 N–H and O–H groups in total. The molecule has 0 heterocycles. The Morgan fingerprint density at radius 1 is 1.44 bits per heavy atom. The van der Waals surface area contributed by atoms with E-state index < -0.39 is 10.8 Å². The van der Waals surface area contributed by atoms with Crippen molar-refractivity contribution in [1.29, 1.82) is 0 Å². The Labute approximate surface area is 98.7 Å². The average molecular weight is 239 g/mol. The molecule has 1 saturated carbocycles. The van der Waals surface area contributed by atoms with E-state index in [2.05, 4.69) is 5.32 Å². The van der Waals surface area contributed by atoms with Gasteiger partial charge < -0.3 is 10.1 Å². The summed E-state index contributed by atoms with van der Waals surface area (Å²) in [5.41, 5.74) is 0. The van der Waals surface area contributed by atoms with Crippen molar-refractivity contribution in [2.75, 3.05) is 19.4 Å². The fraction of sp³-hybridized carbons (Fsp3) is 0.500. The Balaban J connectivity index is 1.90. The van der Waals surface area contributed by atoms with Gasteiger partial charge in [0.25, 0.3) is 0 Å². The second-order valence-corrected chi connectivity index (χ2v) is 5.47. The lowest BCUT2D eigenvalue weighted by molar-refractivity contribution is 0.404. The lowest BCUT2D eigenvalue weighted by Gasteiger charge is -2.08. The smallest absolute Gasteiger partial charge is 0.134 e. The first-order valence-corrected chi connectivity index (χ1v) is 6.88. The van der Waals surface area contributed by atoms with Crippen molar-refractivity contribution in [3.05, 3.63) is 24.3 Å². The van der Waals surface area contributed by atoms with Gasteiger partial charge in [-0.15, -0.1) is 0 Å². The highest BCUT2D eigenvalue weighted by atomic mass is 32.2. The summed E-state index contributed by atoms with van der Waals surface area (Å²) in [6, 6.07) is 8.18. The molecule has 1 aromatic carbocycles. The Hall–Kier alpha value is -0.870. The maximum Gasteiger partial charge on any atom is 0.134 e. The Morgan fingerprint density at radius 2 is 2.19 bits per heavy atom. The molecule has 1 atom stereocenters. The van der Waals surface area contributed by atoms with Gasteiger partial charge in [-0.25, -0.2) is 0 Å². The molecule has 3 nitrogen and oxygen atoms in total. The van der Waals surface area contributed by atoms with Crippen molar-refractivity contribution in [3.8, 4) is 5.75 Å². The van der Waals surface area contributed by atoms with E-state index in [9.17, 15) is 4.21 Å². The number of para-hydroxylation sites is 1. The molecule has 1 aromatic rings. The minimum atomic E-state index is -0.971. The summed E-state index contributed by atoms with van der Waals surface area (Å²) in [7, 11) is 0.639. The van der Waals surface area contributed by atoms with Crippen LogP contribution >= 0.6 is 0 Å². The molecular formula is C12H17NO2S. The second-order valence-electron chi connectivity index (χ2n) is 3.93. The van der Waals surface area contributed by atoms with Crippen LogP contribution in [0.3, 0.4) is 0 Å². The summed E-state index contributed by atoms with van der Waals surface area (Å²) in [6.07, 6.45) is 2.53. The van der Waals surface area contributed by atoms with Gasteiger partial charge in [-0.05, 0) is 25.0 Å². The third-order valence-corrected chi connectivity index (χ3v) is 4.01. The van der Waals surface area contributed by atoms with Crippen LogP contribution < -0.4 is 10.1 Å². The number of methoxy groups -OCH3 is 1. The van der Waals surface area contributed by atoms with Crippen LogP contribution in [0.1, 0.15) is 12.8 Å². The highest BCUT2D eigenvalue weighted by Crippen LogP contribution is 2.21. The van der Waals surface area contributed by atoms with Crippen LogP contribution in [-0.2, 0) is 10.8 Å². The lowest BCUT2D eigenvalue weighted by Crippen LogP contribution is -2.22. The maximum atomic E-state index is 12.0. The number of rotatable bonds is 6. The second kappa shape index (κ2) is 5.46. The molecule has 0 aromatic heterocycles. The van der Waals surface area contributed by atoms with Gasteiger partial charge in [-0.1, -0.05) is 12.1 Å². The number of hydrogen-bond acceptors (Lipinski definition) is 3. The van der Waals surface area contributed by atoms with E-state index in [0.717, 1.165) is 11.4 Å². The van der Waals surface area contributed by atoms with Crippen LogP contribution in [-0.4, -0.2) is 29.7 Å². The SMILES string of the molecule is COc1ccccc1S(=O)CCNC1CC1. The number of nitrogens with one attached hydrogen (secondary N) is 1. The first-order valence-electron chi connectivity index (χ1n) is 5.56. The van der Waals surface area contributed by atoms with Crippen molar-refractivity contribution in [2.45, 2.75) is 23.8 Å². The van der Waals surface area contributed by atoms with Crippen LogP contribution in [0.4, 0.5) is 0 Å². The minimum absolute atomic E-state index is 0.650. The van der Waals surface area contributed by atoms with Crippen LogP contribution in [0.15, 0.2) is 29.2 Å². The molecule has 1 aliphatic rings. The molecule has 2 rings (SSSR count). The standard InChI is InChI=1S/C12H17NO2S/c1-15-11-4-2-3-5-12(11)16(14)9-8-13-10-6-7-10/h2-5,10,13H,6-9H2,1H3. The van der Waals surface area contributed by atoms with Crippen molar-refractivity contribution in [1.82, 2.24) is 5.32 Å². The molecule has 0 amide bonds. The van der Waals surface area contributed by atoms with Gasteiger partial charge in [0.15, 0.2) is 0 Å². The zero-order valence-electron chi connectivity index (χ0n) is 9.44. The van der Waals surface area contributed by atoms with E-state index in [1.807, 2.05) is 24.3 Å². The van der Waals surface area contributed by atoms with Gasteiger partial charge in [0.2, 0.25) is 0 Å². The van der Waals surface area contributed by atoms with E-state index in [1.165, 1.54) is 12.8 Å². The monoisotopic (exact) mass is 239 g/mol. The van der Waals surface area contributed by atoms with Crippen molar-refractivity contribution in [3.63, 3.8) is 0 Å². The molecule has 0 aliphatic heterocycles. The van der Waals surface area contributed by atoms with Crippen LogP contribution in [0.25, 0.3) is 0 Å². The predicted octanol–water partition coefficient (Wildman–Crippen LogP) is 1.55. The quantitative estimate of drug-likeness (QED) is 0.818. The van der Waals surface area contributed by atoms with Gasteiger partial charge in [-0.3, -0.25) is 4.21 Å². The first-order chi connectivity index (χ1) is 7.81. The number of ether oxygens (including phenoxy) is 1. The topological polar surface area (TPSA) is 38.3 Å². The Morgan fingerprint density at radius 3 is 2.88 bits per heavy atom. The normalized spacial score (nSPS) is 17.1. The van der Waals surface area contributed by atoms with Gasteiger partial charge >= 0.3 is 0 Å². The van der Waals surface area contributed by atoms with E-state index in [0.29, 0.717) is 17.5 Å². The first kappa shape index (κ1) is 11.6. The van der Waals surface area contributed by atoms with E-state index >= 15 is 0 Å². The Bertz CT molecular complexity index is 377. The van der Waals surface area contributed by atoms with E-state index in [4.69, 9.17) is 4.74 Å². The zero-order valence-corrected chi connectivity index (χ0v) is 10.3. The van der Waals surface area contributed by atoms with Crippen LogP contribution in [0, 0.1) is 0 Å². The highest BCUT2D eigenvalue weighted by molar-refractivity contribution is 7.85. The summed E-state index contributed by atoms with van der Waals surface area (Å²) in [5, 5.41) is 3.36. The molecule has 1 unspecified atom stereocenters. The van der Waals surface area contributed by atoms with E-state index in [1.54, 1.807) is 7.11 Å². The molecular weight excluding hydrogens is 222 g/mol. The molecule has 16 heavy (non-hydrogen) atoms. The zero-order chi connectivity index (χ0) is 11.4. The summed E-state index contributed by atoms with van der Waals surface area (Å²) < 4.78 is 17.2. The molecule has 88 valence electrons. The Kier molecular flexibility index (Phi) is 3.96. The molecule has 1 fully saturated rings. The van der Waals surface area contributed by atoms with Crippen molar-refractivity contribution < 1.29 is 8.95 Å². The van der Waals surface area contributed by atoms with Crippen molar-refractivity contribution in [2.24, 2.45) is 0 Å². The predicted molar refractivity (Wildman–Crippen MR) is 65.3 cm³/mol. The molecule has 0 radical (unpaired) electrons. The molecule has 1 aliphatic carbocycles. The lowest BCUT2D eigenvalue weighted by atomic mass is 10.3. The molecule has 4 heteroatoms. The van der Waals surface area contributed by atoms with Gasteiger partial charge in [-0.2, -0.15) is 0 Å². The maximum absolute atomic E-state index is 12.0. The summed E-state index contributed by atoms with van der Waals surface area (Å²) in [6.45, 7) is 0.815. The fourth-order valence-corrected chi connectivity index (χ4v) is 2.69. The number of hydrogen-bond donors (Lipinski definition) is 1. The van der Waals surface area contributed by atoms with E-state index in [-0.39, 0.29) is 0 Å². The number of benzene rings is 1. The minimum Gasteiger partial charge on any atom is -0.495 e. The summed E-state index contributed by atoms with van der Waals surface area (Å²) in [4.78, 5) is 0.794. The fourth-order valence-electron chi connectivity index (χ4n) is 1.56. The third-order valence-electron chi connectivity index (χ3n) is 2.61. The van der Waals surface area contributed by atoms with Gasteiger partial charge in [0.05, 0.1) is 22.8 Å². The molecule has 0 saturated heterocycles. The summed E-state index contributed by atoms with van der Waals surface area (Å²) >= 11 is 0. The van der Waals surface area contributed by atoms with Gasteiger partial charge in [0.1, 0.15) is 5.75 Å². The largest absolute Gasteiger partial charge is 0.495 e. The van der Waals surface area contributed by atoms with Crippen molar-refractivity contribution >= 4 is 10.8 Å². The average Bonchev–Trinajstić information content (AvgIpc) is 3.13. The molecule has 0 bridgehead atoms. The van der Waals surface area contributed by atoms with Gasteiger partial charge in [0, 0.05) is 18.3 Å². The van der Waals surface area contributed by atoms with Crippen LogP contribution in [0.2, 0.25) is 0 Å². The third kappa shape index (κ3) is 3.06. The highest BCUT2D eigenvalue weighted by Gasteiger charge is 2.20.